The van der Waals surface area contributed by atoms with Crippen LogP contribution in [0.15, 0.2) is 60.7 Å². The summed E-state index contributed by atoms with van der Waals surface area (Å²) in [4.78, 5) is 35.0. The van der Waals surface area contributed by atoms with Gasteiger partial charge in [-0.25, -0.2) is 0 Å². The number of ketones is 1. The average molecular weight is 326 g/mol. The molecular weight excluding hydrogens is 308 g/mol. The molecule has 0 atom stereocenters. The van der Waals surface area contributed by atoms with E-state index in [1.165, 1.54) is 6.92 Å². The van der Waals surface area contributed by atoms with Crippen molar-refractivity contribution in [1.29, 1.82) is 0 Å². The zero-order chi connectivity index (χ0) is 17.6. The highest BCUT2D eigenvalue weighted by Gasteiger charge is 2.40. The second-order valence-electron chi connectivity index (χ2n) is 5.32. The molecule has 0 heterocycles. The van der Waals surface area contributed by atoms with Crippen LogP contribution in [-0.4, -0.2) is 22.7 Å². The van der Waals surface area contributed by atoms with E-state index in [0.717, 1.165) is 0 Å². The Balaban J connectivity index is 2.29. The minimum atomic E-state index is -1.98. The lowest BCUT2D eigenvalue weighted by Crippen LogP contribution is -2.52. The normalized spacial score (nSPS) is 10.8. The Morgan fingerprint density at radius 2 is 1.33 bits per heavy atom. The summed E-state index contributed by atoms with van der Waals surface area (Å²) in [7, 11) is 0. The van der Waals surface area contributed by atoms with Gasteiger partial charge in [0.05, 0.1) is 6.42 Å². The van der Waals surface area contributed by atoms with Gasteiger partial charge in [0, 0.05) is 0 Å². The molecule has 0 fully saturated rings. The Morgan fingerprint density at radius 1 is 0.875 bits per heavy atom. The highest BCUT2D eigenvalue weighted by atomic mass is 16.3. The SMILES string of the molecule is CC(=O)CC(=O)NNC(=O)C(O)(c1ccccc1)c1ccccc1. The molecular formula is C18H18N2O4. The van der Waals surface area contributed by atoms with Gasteiger partial charge in [-0.3, -0.25) is 25.2 Å². The van der Waals surface area contributed by atoms with Gasteiger partial charge in [-0.05, 0) is 18.1 Å². The molecule has 0 bridgehead atoms. The van der Waals surface area contributed by atoms with Gasteiger partial charge in [0.1, 0.15) is 5.78 Å². The van der Waals surface area contributed by atoms with Crippen LogP contribution in [0.1, 0.15) is 24.5 Å². The van der Waals surface area contributed by atoms with Gasteiger partial charge in [-0.15, -0.1) is 0 Å². The predicted octanol–water partition coefficient (Wildman–Crippen LogP) is 1.05. The topological polar surface area (TPSA) is 95.5 Å². The van der Waals surface area contributed by atoms with Crippen molar-refractivity contribution in [3.63, 3.8) is 0 Å². The van der Waals surface area contributed by atoms with Crippen LogP contribution in [0.3, 0.4) is 0 Å². The molecule has 0 aliphatic heterocycles. The number of nitrogens with one attached hydrogen (secondary N) is 2. The van der Waals surface area contributed by atoms with E-state index >= 15 is 0 Å². The van der Waals surface area contributed by atoms with Gasteiger partial charge in [-0.2, -0.15) is 0 Å². The number of rotatable bonds is 5. The van der Waals surface area contributed by atoms with Crippen molar-refractivity contribution in [2.24, 2.45) is 0 Å². The molecule has 0 aliphatic carbocycles. The monoisotopic (exact) mass is 326 g/mol. The first-order valence-corrected chi connectivity index (χ1v) is 7.36. The Hall–Kier alpha value is -2.99. The molecule has 2 aromatic carbocycles. The lowest BCUT2D eigenvalue weighted by Gasteiger charge is -2.28. The summed E-state index contributed by atoms with van der Waals surface area (Å²) in [5, 5.41) is 11.1. The van der Waals surface area contributed by atoms with Gasteiger partial charge < -0.3 is 5.11 Å². The maximum absolute atomic E-state index is 12.6. The molecule has 0 unspecified atom stereocenters. The number of Topliss-reactive ketones (excluding diaryl/α,β-unsaturated/α-hetero) is 1. The third-order valence-corrected chi connectivity index (χ3v) is 3.44. The molecule has 0 spiro atoms. The molecule has 24 heavy (non-hydrogen) atoms. The third kappa shape index (κ3) is 3.85. The summed E-state index contributed by atoms with van der Waals surface area (Å²) in [5.41, 5.74) is 3.06. The molecule has 2 aromatic rings. The predicted molar refractivity (Wildman–Crippen MR) is 87.5 cm³/mol. The minimum Gasteiger partial charge on any atom is -0.372 e. The summed E-state index contributed by atoms with van der Waals surface area (Å²) < 4.78 is 0. The fraction of sp³-hybridized carbons (Fsp3) is 0.167. The van der Waals surface area contributed by atoms with Crippen LogP contribution in [0.2, 0.25) is 0 Å². The average Bonchev–Trinajstić information content (AvgIpc) is 2.60. The van der Waals surface area contributed by atoms with Crippen LogP contribution in [0.5, 0.6) is 0 Å². The third-order valence-electron chi connectivity index (χ3n) is 3.44. The summed E-state index contributed by atoms with van der Waals surface area (Å²) >= 11 is 0. The zero-order valence-corrected chi connectivity index (χ0v) is 13.2. The molecule has 2 amide bonds. The molecule has 124 valence electrons. The van der Waals surface area contributed by atoms with Gasteiger partial charge in [-0.1, -0.05) is 60.7 Å². The van der Waals surface area contributed by atoms with Crippen LogP contribution in [0.4, 0.5) is 0 Å². The Kier molecular flexibility index (Phi) is 5.44. The summed E-state index contributed by atoms with van der Waals surface area (Å²) in [6.45, 7) is 1.27. The van der Waals surface area contributed by atoms with Gasteiger partial charge in [0.25, 0.3) is 5.91 Å². The number of amides is 2. The van der Waals surface area contributed by atoms with Crippen molar-refractivity contribution in [2.45, 2.75) is 18.9 Å². The van der Waals surface area contributed by atoms with Crippen molar-refractivity contribution in [1.82, 2.24) is 10.9 Å². The van der Waals surface area contributed by atoms with E-state index in [0.29, 0.717) is 11.1 Å². The van der Waals surface area contributed by atoms with Crippen molar-refractivity contribution >= 4 is 17.6 Å². The highest BCUT2D eigenvalue weighted by Crippen LogP contribution is 2.29. The molecule has 0 aliphatic rings. The fourth-order valence-corrected chi connectivity index (χ4v) is 2.27. The van der Waals surface area contributed by atoms with E-state index in [4.69, 9.17) is 0 Å². The van der Waals surface area contributed by atoms with E-state index in [1.54, 1.807) is 60.7 Å². The number of aliphatic hydroxyl groups is 1. The molecule has 0 radical (unpaired) electrons. The number of hydrazine groups is 1. The van der Waals surface area contributed by atoms with Crippen molar-refractivity contribution in [3.8, 4) is 0 Å². The van der Waals surface area contributed by atoms with E-state index in [1.807, 2.05) is 0 Å². The molecule has 6 heteroatoms. The van der Waals surface area contributed by atoms with Crippen LogP contribution < -0.4 is 10.9 Å². The van der Waals surface area contributed by atoms with Crippen molar-refractivity contribution in [3.05, 3.63) is 71.8 Å². The van der Waals surface area contributed by atoms with Gasteiger partial charge in [0.15, 0.2) is 5.60 Å². The first kappa shape index (κ1) is 17.4. The Morgan fingerprint density at radius 3 is 1.75 bits per heavy atom. The van der Waals surface area contributed by atoms with E-state index in [2.05, 4.69) is 10.9 Å². The number of hydrogen-bond donors (Lipinski definition) is 3. The largest absolute Gasteiger partial charge is 0.372 e. The van der Waals surface area contributed by atoms with Crippen molar-refractivity contribution in [2.75, 3.05) is 0 Å². The Labute approximate surface area is 139 Å². The molecule has 6 nitrogen and oxygen atoms in total. The lowest BCUT2D eigenvalue weighted by molar-refractivity contribution is -0.141. The van der Waals surface area contributed by atoms with Crippen LogP contribution >= 0.6 is 0 Å². The zero-order valence-electron chi connectivity index (χ0n) is 13.2. The quantitative estimate of drug-likeness (QED) is 0.565. The number of benzene rings is 2. The number of carbonyl (C=O) groups is 3. The van der Waals surface area contributed by atoms with Crippen molar-refractivity contribution < 1.29 is 19.5 Å². The summed E-state index contributed by atoms with van der Waals surface area (Å²) in [6.07, 6.45) is -0.352. The maximum atomic E-state index is 12.6. The highest BCUT2D eigenvalue weighted by molar-refractivity contribution is 5.98. The molecule has 3 N–H and O–H groups in total. The van der Waals surface area contributed by atoms with E-state index in [-0.39, 0.29) is 12.2 Å². The number of carbonyl (C=O) groups excluding carboxylic acids is 3. The second-order valence-corrected chi connectivity index (χ2v) is 5.32. The fourth-order valence-electron chi connectivity index (χ4n) is 2.27. The first-order valence-electron chi connectivity index (χ1n) is 7.36. The molecule has 2 rings (SSSR count). The first-order chi connectivity index (χ1) is 11.4. The van der Waals surface area contributed by atoms with E-state index in [9.17, 15) is 19.5 Å². The number of hydrogen-bond acceptors (Lipinski definition) is 4. The van der Waals surface area contributed by atoms with Crippen LogP contribution in [-0.2, 0) is 20.0 Å². The van der Waals surface area contributed by atoms with E-state index < -0.39 is 17.4 Å². The maximum Gasteiger partial charge on any atom is 0.279 e. The molecule has 0 saturated carbocycles. The summed E-state index contributed by atoms with van der Waals surface area (Å²) in [5.74, 6) is -1.81. The minimum absolute atomic E-state index is 0.330. The van der Waals surface area contributed by atoms with Gasteiger partial charge in [0.2, 0.25) is 5.91 Å². The molecule has 0 saturated heterocycles. The Bertz CT molecular complexity index is 690. The van der Waals surface area contributed by atoms with Crippen LogP contribution in [0, 0.1) is 0 Å². The molecule has 0 aromatic heterocycles. The lowest BCUT2D eigenvalue weighted by atomic mass is 9.85. The second kappa shape index (κ2) is 7.52. The van der Waals surface area contributed by atoms with Gasteiger partial charge >= 0.3 is 0 Å². The summed E-state index contributed by atoms with van der Waals surface area (Å²) in [6, 6.07) is 16.8. The smallest absolute Gasteiger partial charge is 0.279 e. The standard InChI is InChI=1S/C18H18N2O4/c1-13(21)12-16(22)19-20-17(23)18(24,14-8-4-2-5-9-14)15-10-6-3-7-11-15/h2-11,24H,12H2,1H3,(H,19,22)(H,20,23). The van der Waals surface area contributed by atoms with Crippen LogP contribution in [0.25, 0.3) is 0 Å².